The Bertz CT molecular complexity index is 981. The van der Waals surface area contributed by atoms with Crippen molar-refractivity contribution < 1.29 is 30.8 Å². The highest BCUT2D eigenvalue weighted by atomic mass is 32.2. The van der Waals surface area contributed by atoms with Gasteiger partial charge in [-0.05, 0) is 54.7 Å². The smallest absolute Gasteiger partial charge is 0.354 e. The van der Waals surface area contributed by atoms with Crippen LogP contribution in [0.25, 0.3) is 0 Å². The molecule has 31 heavy (non-hydrogen) atoms. The minimum Gasteiger partial charge on any atom is -0.354 e. The van der Waals surface area contributed by atoms with Crippen LogP contribution in [0.5, 0.6) is 0 Å². The molecule has 0 aromatic heterocycles. The molecule has 0 fully saturated rings. The molecule has 0 heterocycles. The SMILES string of the molecule is CSCCC(NS(=O)(=O)c1ccccc1F)C(=O)NCCc1ccc(C(F)(F)F)cc1. The van der Waals surface area contributed by atoms with Crippen LogP contribution in [0.1, 0.15) is 17.5 Å². The van der Waals surface area contributed by atoms with Gasteiger partial charge < -0.3 is 5.32 Å². The van der Waals surface area contributed by atoms with Gasteiger partial charge in [0, 0.05) is 6.54 Å². The second-order valence-electron chi connectivity index (χ2n) is 6.62. The summed E-state index contributed by atoms with van der Waals surface area (Å²) in [6.45, 7) is 0.0986. The van der Waals surface area contributed by atoms with Crippen molar-refractivity contribution in [2.24, 2.45) is 0 Å². The highest BCUT2D eigenvalue weighted by Crippen LogP contribution is 2.29. The van der Waals surface area contributed by atoms with Crippen LogP contribution in [0.3, 0.4) is 0 Å². The summed E-state index contributed by atoms with van der Waals surface area (Å²) in [6.07, 6.45) is -2.18. The van der Waals surface area contributed by atoms with Crippen LogP contribution in [0.4, 0.5) is 17.6 Å². The molecule has 0 aliphatic carbocycles. The number of carbonyl (C=O) groups is 1. The van der Waals surface area contributed by atoms with Gasteiger partial charge in [-0.2, -0.15) is 29.7 Å². The average molecular weight is 479 g/mol. The van der Waals surface area contributed by atoms with E-state index >= 15 is 0 Å². The molecule has 2 aromatic rings. The first-order chi connectivity index (χ1) is 14.5. The lowest BCUT2D eigenvalue weighted by Crippen LogP contribution is -2.47. The number of rotatable bonds is 10. The zero-order chi connectivity index (χ0) is 23.1. The van der Waals surface area contributed by atoms with Crippen LogP contribution in [0.2, 0.25) is 0 Å². The van der Waals surface area contributed by atoms with Gasteiger partial charge in [0.2, 0.25) is 15.9 Å². The summed E-state index contributed by atoms with van der Waals surface area (Å²) in [6, 6.07) is 8.28. The molecular formula is C20H22F4N2O3S2. The molecule has 0 radical (unpaired) electrons. The summed E-state index contributed by atoms with van der Waals surface area (Å²) in [7, 11) is -4.26. The molecule has 2 N–H and O–H groups in total. The molecule has 0 aliphatic rings. The Morgan fingerprint density at radius 3 is 2.32 bits per heavy atom. The number of nitrogens with one attached hydrogen (secondary N) is 2. The van der Waals surface area contributed by atoms with Gasteiger partial charge in [-0.25, -0.2) is 12.8 Å². The van der Waals surface area contributed by atoms with Crippen molar-refractivity contribution in [2.75, 3.05) is 18.6 Å². The molecule has 0 saturated heterocycles. The molecule has 0 bridgehead atoms. The molecule has 1 amide bonds. The molecule has 11 heteroatoms. The number of hydrogen-bond donors (Lipinski definition) is 2. The minimum absolute atomic E-state index is 0.0986. The molecule has 0 spiro atoms. The number of sulfonamides is 1. The molecule has 2 aromatic carbocycles. The van der Waals surface area contributed by atoms with Gasteiger partial charge in [-0.15, -0.1) is 0 Å². The van der Waals surface area contributed by atoms with Gasteiger partial charge in [0.25, 0.3) is 0 Å². The molecule has 0 aliphatic heterocycles. The van der Waals surface area contributed by atoms with Crippen LogP contribution in [0, 0.1) is 5.82 Å². The van der Waals surface area contributed by atoms with E-state index in [-0.39, 0.29) is 19.4 Å². The molecule has 5 nitrogen and oxygen atoms in total. The number of amides is 1. The summed E-state index contributed by atoms with van der Waals surface area (Å²) in [4.78, 5) is 12.0. The maximum atomic E-state index is 13.9. The molecule has 0 saturated carbocycles. The highest BCUT2D eigenvalue weighted by molar-refractivity contribution is 7.98. The summed E-state index contributed by atoms with van der Waals surface area (Å²) in [5.74, 6) is -1.04. The van der Waals surface area contributed by atoms with E-state index in [4.69, 9.17) is 0 Å². The van der Waals surface area contributed by atoms with E-state index in [1.807, 2.05) is 0 Å². The van der Waals surface area contributed by atoms with Gasteiger partial charge in [-0.1, -0.05) is 24.3 Å². The summed E-state index contributed by atoms with van der Waals surface area (Å²) >= 11 is 1.42. The largest absolute Gasteiger partial charge is 0.416 e. The van der Waals surface area contributed by atoms with E-state index in [1.54, 1.807) is 6.26 Å². The van der Waals surface area contributed by atoms with E-state index < -0.39 is 44.4 Å². The molecule has 170 valence electrons. The van der Waals surface area contributed by atoms with Crippen LogP contribution in [-0.2, 0) is 27.4 Å². The van der Waals surface area contributed by atoms with E-state index in [0.717, 1.165) is 24.3 Å². The monoisotopic (exact) mass is 478 g/mol. The summed E-state index contributed by atoms with van der Waals surface area (Å²) < 4.78 is 79.0. The number of benzene rings is 2. The van der Waals surface area contributed by atoms with Crippen molar-refractivity contribution in [2.45, 2.75) is 30.0 Å². The summed E-state index contributed by atoms with van der Waals surface area (Å²) in [5, 5.41) is 2.58. The zero-order valence-electron chi connectivity index (χ0n) is 16.6. The number of halogens is 4. The topological polar surface area (TPSA) is 75.3 Å². The fourth-order valence-corrected chi connectivity index (χ4v) is 4.49. The van der Waals surface area contributed by atoms with E-state index in [9.17, 15) is 30.8 Å². The minimum atomic E-state index is -4.42. The van der Waals surface area contributed by atoms with Gasteiger partial charge in [-0.3, -0.25) is 4.79 Å². The first-order valence-corrected chi connectivity index (χ1v) is 12.1. The van der Waals surface area contributed by atoms with E-state index in [1.165, 1.54) is 36.0 Å². The molecular weight excluding hydrogens is 456 g/mol. The third-order valence-electron chi connectivity index (χ3n) is 4.34. The third-order valence-corrected chi connectivity index (χ3v) is 6.49. The van der Waals surface area contributed by atoms with Crippen LogP contribution in [0.15, 0.2) is 53.4 Å². The Balaban J connectivity index is 2.00. The molecule has 1 unspecified atom stereocenters. The van der Waals surface area contributed by atoms with Crippen molar-refractivity contribution in [3.63, 3.8) is 0 Å². The Kier molecular flexibility index (Phi) is 8.90. The second-order valence-corrected chi connectivity index (χ2v) is 9.29. The molecule has 2 rings (SSSR count). The van der Waals surface area contributed by atoms with Crippen LogP contribution >= 0.6 is 11.8 Å². The standard InChI is InChI=1S/C20H22F4N2O3S2/c1-30-13-11-17(26-31(28,29)18-5-3-2-4-16(18)21)19(27)25-12-10-14-6-8-15(9-7-14)20(22,23)24/h2-9,17,26H,10-13H2,1H3,(H,25,27). The number of hydrogen-bond acceptors (Lipinski definition) is 4. The number of alkyl halides is 3. The van der Waals surface area contributed by atoms with Gasteiger partial charge in [0.05, 0.1) is 5.56 Å². The fourth-order valence-electron chi connectivity index (χ4n) is 2.71. The Morgan fingerprint density at radius 2 is 1.74 bits per heavy atom. The van der Waals surface area contributed by atoms with Crippen molar-refractivity contribution in [3.05, 3.63) is 65.5 Å². The van der Waals surface area contributed by atoms with Gasteiger partial charge >= 0.3 is 6.18 Å². The van der Waals surface area contributed by atoms with E-state index in [0.29, 0.717) is 11.3 Å². The predicted octanol–water partition coefficient (Wildman–Crippen LogP) is 3.60. The Hall–Kier alpha value is -2.11. The van der Waals surface area contributed by atoms with E-state index in [2.05, 4.69) is 10.0 Å². The molecule has 1 atom stereocenters. The van der Waals surface area contributed by atoms with Crippen LogP contribution < -0.4 is 10.0 Å². The predicted molar refractivity (Wildman–Crippen MR) is 112 cm³/mol. The third kappa shape index (κ3) is 7.51. The van der Waals surface area contributed by atoms with Gasteiger partial charge in [0.15, 0.2) is 0 Å². The fraction of sp³-hybridized carbons (Fsp3) is 0.350. The quantitative estimate of drug-likeness (QED) is 0.512. The number of thioether (sulfide) groups is 1. The Morgan fingerprint density at radius 1 is 1.10 bits per heavy atom. The van der Waals surface area contributed by atoms with Crippen molar-refractivity contribution in [3.8, 4) is 0 Å². The van der Waals surface area contributed by atoms with Gasteiger partial charge in [0.1, 0.15) is 16.8 Å². The maximum absolute atomic E-state index is 13.9. The summed E-state index contributed by atoms with van der Waals surface area (Å²) in [5.41, 5.74) is -0.180. The van der Waals surface area contributed by atoms with Crippen LogP contribution in [-0.4, -0.2) is 38.9 Å². The number of carbonyl (C=O) groups excluding carboxylic acids is 1. The lowest BCUT2D eigenvalue weighted by Gasteiger charge is -2.18. The second kappa shape index (κ2) is 11.0. The average Bonchev–Trinajstić information content (AvgIpc) is 2.71. The maximum Gasteiger partial charge on any atom is 0.416 e. The first kappa shape index (κ1) is 25.2. The highest BCUT2D eigenvalue weighted by Gasteiger charge is 2.30. The zero-order valence-corrected chi connectivity index (χ0v) is 18.2. The van der Waals surface area contributed by atoms with Crippen molar-refractivity contribution in [1.82, 2.24) is 10.0 Å². The van der Waals surface area contributed by atoms with Crippen molar-refractivity contribution >= 4 is 27.7 Å². The Labute approximate surface area is 182 Å². The normalized spacial score (nSPS) is 13.1. The van der Waals surface area contributed by atoms with Crippen molar-refractivity contribution in [1.29, 1.82) is 0 Å². The lowest BCUT2D eigenvalue weighted by molar-refractivity contribution is -0.137. The lowest BCUT2D eigenvalue weighted by atomic mass is 10.1. The first-order valence-electron chi connectivity index (χ1n) is 9.24.